The second-order valence-corrected chi connectivity index (χ2v) is 6.22. The van der Waals surface area contributed by atoms with Gasteiger partial charge < -0.3 is 5.32 Å². The molecule has 3 aromatic rings. The van der Waals surface area contributed by atoms with E-state index in [2.05, 4.69) is 10.3 Å². The number of anilines is 1. The topological polar surface area (TPSA) is 68.9 Å². The van der Waals surface area contributed by atoms with Crippen molar-refractivity contribution in [3.05, 3.63) is 75.5 Å². The number of para-hydroxylation sites is 1. The zero-order valence-electron chi connectivity index (χ0n) is 15.3. The lowest BCUT2D eigenvalue weighted by atomic mass is 10.1. The standard InChI is InChI=1S/C19H17F3N4O2/c1-11-14(9-10-15(23-11)19(20,21)22)17(27)24-16-12(2)25(3)26(18(16)28)13-7-5-4-6-8-13/h4-10H,1-3H3,(H,24,27). The van der Waals surface area contributed by atoms with Crippen molar-refractivity contribution in [2.24, 2.45) is 7.05 Å². The van der Waals surface area contributed by atoms with Gasteiger partial charge in [0.1, 0.15) is 11.4 Å². The molecule has 0 saturated heterocycles. The largest absolute Gasteiger partial charge is 0.433 e. The van der Waals surface area contributed by atoms with E-state index in [9.17, 15) is 22.8 Å². The number of amides is 1. The molecule has 1 aromatic carbocycles. The zero-order chi connectivity index (χ0) is 20.6. The molecule has 3 rings (SSSR count). The predicted molar refractivity (Wildman–Crippen MR) is 97.7 cm³/mol. The predicted octanol–water partition coefficient (Wildman–Crippen LogP) is 3.46. The molecule has 1 N–H and O–H groups in total. The van der Waals surface area contributed by atoms with Crippen LogP contribution in [0.25, 0.3) is 5.69 Å². The molecule has 0 spiro atoms. The van der Waals surface area contributed by atoms with E-state index in [0.717, 1.165) is 12.1 Å². The third-order valence-electron chi connectivity index (χ3n) is 4.41. The van der Waals surface area contributed by atoms with Crippen LogP contribution in [0, 0.1) is 13.8 Å². The molecular formula is C19H17F3N4O2. The minimum Gasteiger partial charge on any atom is -0.316 e. The average Bonchev–Trinajstić information content (AvgIpc) is 2.85. The summed E-state index contributed by atoms with van der Waals surface area (Å²) in [6.45, 7) is 2.97. The van der Waals surface area contributed by atoms with Gasteiger partial charge in [0.25, 0.3) is 11.5 Å². The molecule has 0 radical (unpaired) electrons. The van der Waals surface area contributed by atoms with Gasteiger partial charge in [-0.1, -0.05) is 18.2 Å². The molecule has 0 bridgehead atoms. The SMILES string of the molecule is Cc1nc(C(F)(F)F)ccc1C(=O)Nc1c(C)n(C)n(-c2ccccc2)c1=O. The van der Waals surface area contributed by atoms with E-state index in [0.29, 0.717) is 11.4 Å². The molecule has 0 atom stereocenters. The molecule has 0 fully saturated rings. The number of pyridine rings is 1. The fraction of sp³-hybridized carbons (Fsp3) is 0.211. The summed E-state index contributed by atoms with van der Waals surface area (Å²) in [6, 6.07) is 10.6. The first-order valence-electron chi connectivity index (χ1n) is 8.31. The number of hydrogen-bond donors (Lipinski definition) is 1. The smallest absolute Gasteiger partial charge is 0.316 e. The molecule has 2 aromatic heterocycles. The van der Waals surface area contributed by atoms with Crippen molar-refractivity contribution in [1.29, 1.82) is 0 Å². The van der Waals surface area contributed by atoms with E-state index >= 15 is 0 Å². The fourth-order valence-corrected chi connectivity index (χ4v) is 2.85. The maximum absolute atomic E-state index is 12.8. The van der Waals surface area contributed by atoms with Crippen LogP contribution in [0.15, 0.2) is 47.3 Å². The minimum atomic E-state index is -4.60. The van der Waals surface area contributed by atoms with Crippen molar-refractivity contribution in [3.63, 3.8) is 0 Å². The van der Waals surface area contributed by atoms with Gasteiger partial charge in [0.2, 0.25) is 0 Å². The molecule has 1 amide bonds. The summed E-state index contributed by atoms with van der Waals surface area (Å²) in [4.78, 5) is 28.8. The molecular weight excluding hydrogens is 373 g/mol. The van der Waals surface area contributed by atoms with E-state index < -0.39 is 23.3 Å². The number of hydrogen-bond acceptors (Lipinski definition) is 3. The van der Waals surface area contributed by atoms with Crippen LogP contribution in [-0.4, -0.2) is 20.3 Å². The third kappa shape index (κ3) is 3.42. The number of halogens is 3. The highest BCUT2D eigenvalue weighted by Gasteiger charge is 2.33. The van der Waals surface area contributed by atoms with E-state index in [1.165, 1.54) is 11.6 Å². The fourth-order valence-electron chi connectivity index (χ4n) is 2.85. The monoisotopic (exact) mass is 390 g/mol. The molecule has 0 unspecified atom stereocenters. The first-order valence-corrected chi connectivity index (χ1v) is 8.31. The van der Waals surface area contributed by atoms with Crippen LogP contribution in [-0.2, 0) is 13.2 Å². The van der Waals surface area contributed by atoms with Crippen LogP contribution < -0.4 is 10.9 Å². The number of rotatable bonds is 3. The van der Waals surface area contributed by atoms with E-state index in [1.54, 1.807) is 42.9 Å². The van der Waals surface area contributed by atoms with Gasteiger partial charge in [-0.2, -0.15) is 13.2 Å². The van der Waals surface area contributed by atoms with Crippen molar-refractivity contribution in [2.45, 2.75) is 20.0 Å². The van der Waals surface area contributed by atoms with Crippen molar-refractivity contribution in [2.75, 3.05) is 5.32 Å². The number of aromatic nitrogens is 3. The molecule has 0 aliphatic carbocycles. The quantitative estimate of drug-likeness (QED) is 0.745. The molecule has 6 nitrogen and oxygen atoms in total. The Morgan fingerprint density at radius 3 is 2.29 bits per heavy atom. The number of aryl methyl sites for hydroxylation is 1. The van der Waals surface area contributed by atoms with Gasteiger partial charge in [-0.15, -0.1) is 0 Å². The summed E-state index contributed by atoms with van der Waals surface area (Å²) in [5.74, 6) is -0.704. The average molecular weight is 390 g/mol. The Labute approximate surface area is 158 Å². The summed E-state index contributed by atoms with van der Waals surface area (Å²) in [5.41, 5.74) is -0.478. The van der Waals surface area contributed by atoms with Crippen molar-refractivity contribution in [3.8, 4) is 5.69 Å². The van der Waals surface area contributed by atoms with Crippen LogP contribution in [0.1, 0.15) is 27.4 Å². The Kier molecular flexibility index (Phi) is 4.84. The molecule has 0 saturated carbocycles. The number of alkyl halides is 3. The number of nitrogens with one attached hydrogen (secondary N) is 1. The van der Waals surface area contributed by atoms with Crippen LogP contribution in [0.4, 0.5) is 18.9 Å². The molecule has 28 heavy (non-hydrogen) atoms. The zero-order valence-corrected chi connectivity index (χ0v) is 15.3. The van der Waals surface area contributed by atoms with Crippen LogP contribution >= 0.6 is 0 Å². The highest BCUT2D eigenvalue weighted by atomic mass is 19.4. The summed E-state index contributed by atoms with van der Waals surface area (Å²) < 4.78 is 41.2. The van der Waals surface area contributed by atoms with Gasteiger partial charge in [0.15, 0.2) is 0 Å². The van der Waals surface area contributed by atoms with E-state index in [4.69, 9.17) is 0 Å². The Bertz CT molecular complexity index is 1100. The van der Waals surface area contributed by atoms with Gasteiger partial charge in [-0.25, -0.2) is 9.67 Å². The van der Waals surface area contributed by atoms with Gasteiger partial charge in [0, 0.05) is 7.05 Å². The highest BCUT2D eigenvalue weighted by molar-refractivity contribution is 6.05. The summed E-state index contributed by atoms with van der Waals surface area (Å²) >= 11 is 0. The number of carbonyl (C=O) groups excluding carboxylic acids is 1. The number of benzene rings is 1. The first-order chi connectivity index (χ1) is 13.1. The summed E-state index contributed by atoms with van der Waals surface area (Å²) in [5, 5.41) is 2.51. The molecule has 0 aliphatic heterocycles. The van der Waals surface area contributed by atoms with Gasteiger partial charge >= 0.3 is 6.18 Å². The Hall–Kier alpha value is -3.36. The second-order valence-electron chi connectivity index (χ2n) is 6.22. The Balaban J connectivity index is 1.97. The van der Waals surface area contributed by atoms with E-state index in [1.807, 2.05) is 6.07 Å². The normalized spacial score (nSPS) is 11.5. The molecule has 9 heteroatoms. The van der Waals surface area contributed by atoms with Crippen molar-refractivity contribution < 1.29 is 18.0 Å². The minimum absolute atomic E-state index is 0.0399. The van der Waals surface area contributed by atoms with Crippen molar-refractivity contribution in [1.82, 2.24) is 14.3 Å². The van der Waals surface area contributed by atoms with Crippen LogP contribution in [0.3, 0.4) is 0 Å². The van der Waals surface area contributed by atoms with Gasteiger partial charge in [-0.3, -0.25) is 14.3 Å². The number of nitrogens with zero attached hydrogens (tertiary/aromatic N) is 3. The Morgan fingerprint density at radius 2 is 1.71 bits per heavy atom. The maximum Gasteiger partial charge on any atom is 0.433 e. The summed E-state index contributed by atoms with van der Waals surface area (Å²) in [6.07, 6.45) is -4.60. The molecule has 146 valence electrons. The Morgan fingerprint density at radius 1 is 1.07 bits per heavy atom. The second kappa shape index (κ2) is 6.99. The van der Waals surface area contributed by atoms with Crippen molar-refractivity contribution >= 4 is 11.6 Å². The lowest BCUT2D eigenvalue weighted by molar-refractivity contribution is -0.141. The maximum atomic E-state index is 12.8. The highest BCUT2D eigenvalue weighted by Crippen LogP contribution is 2.28. The number of carbonyl (C=O) groups is 1. The lowest BCUT2D eigenvalue weighted by Crippen LogP contribution is -2.23. The molecule has 0 aliphatic rings. The third-order valence-corrected chi connectivity index (χ3v) is 4.41. The van der Waals surface area contributed by atoms with Gasteiger partial charge in [0.05, 0.1) is 22.6 Å². The van der Waals surface area contributed by atoms with Gasteiger partial charge in [-0.05, 0) is 38.1 Å². The molecule has 2 heterocycles. The lowest BCUT2D eigenvalue weighted by Gasteiger charge is -2.10. The van der Waals surface area contributed by atoms with Crippen LogP contribution in [0.5, 0.6) is 0 Å². The first kappa shape index (κ1) is 19.4. The summed E-state index contributed by atoms with van der Waals surface area (Å²) in [7, 11) is 1.67. The van der Waals surface area contributed by atoms with Crippen LogP contribution in [0.2, 0.25) is 0 Å². The van der Waals surface area contributed by atoms with E-state index in [-0.39, 0.29) is 16.9 Å².